The van der Waals surface area contributed by atoms with E-state index in [0.717, 1.165) is 30.9 Å². The highest BCUT2D eigenvalue weighted by atomic mass is 32.2. The lowest BCUT2D eigenvalue weighted by molar-refractivity contribution is 0.485. The van der Waals surface area contributed by atoms with Gasteiger partial charge in [0.05, 0.1) is 23.2 Å². The molecule has 2 rings (SSSR count). The van der Waals surface area contributed by atoms with Gasteiger partial charge in [-0.2, -0.15) is 5.10 Å². The summed E-state index contributed by atoms with van der Waals surface area (Å²) in [6, 6.07) is 0.00507. The Morgan fingerprint density at radius 2 is 2.19 bits per heavy atom. The highest BCUT2D eigenvalue weighted by Crippen LogP contribution is 2.26. The molecule has 5 nitrogen and oxygen atoms in total. The standard InChI is InChI=1S/C15H25N3O2S/c1-4-5-6-8-16-10-15-12(2)17-18(13(15)3)14-7-9-21(19,20)11-14/h4-5,14,16H,6-11H2,1-3H3/b5-4+. The van der Waals surface area contributed by atoms with Gasteiger partial charge in [0.15, 0.2) is 9.84 Å². The summed E-state index contributed by atoms with van der Waals surface area (Å²) in [6.07, 6.45) is 5.89. The number of nitrogens with one attached hydrogen (secondary N) is 1. The molecule has 0 aromatic carbocycles. The van der Waals surface area contributed by atoms with E-state index in [1.54, 1.807) is 0 Å². The van der Waals surface area contributed by atoms with Crippen LogP contribution in [0, 0.1) is 13.8 Å². The van der Waals surface area contributed by atoms with Crippen molar-refractivity contribution in [2.75, 3.05) is 18.1 Å². The lowest BCUT2D eigenvalue weighted by Gasteiger charge is -2.11. The molecule has 6 heteroatoms. The van der Waals surface area contributed by atoms with Crippen molar-refractivity contribution in [3.63, 3.8) is 0 Å². The van der Waals surface area contributed by atoms with E-state index in [4.69, 9.17) is 0 Å². The fourth-order valence-electron chi connectivity index (χ4n) is 2.84. The van der Waals surface area contributed by atoms with Gasteiger partial charge in [0.2, 0.25) is 0 Å². The first-order valence-corrected chi connectivity index (χ1v) is 9.33. The van der Waals surface area contributed by atoms with Crippen molar-refractivity contribution >= 4 is 9.84 Å². The second kappa shape index (κ2) is 6.75. The molecule has 1 aliphatic heterocycles. The molecule has 21 heavy (non-hydrogen) atoms. The SMILES string of the molecule is C/C=C/CCNCc1c(C)nn(C2CCS(=O)(=O)C2)c1C. The lowest BCUT2D eigenvalue weighted by Crippen LogP contribution is -2.16. The molecule has 0 saturated carbocycles. The van der Waals surface area contributed by atoms with Gasteiger partial charge in [-0.15, -0.1) is 0 Å². The van der Waals surface area contributed by atoms with Crippen LogP contribution in [0.5, 0.6) is 0 Å². The van der Waals surface area contributed by atoms with Crippen molar-refractivity contribution in [3.8, 4) is 0 Å². The number of hydrogen-bond donors (Lipinski definition) is 1. The minimum absolute atomic E-state index is 0.00507. The first-order chi connectivity index (χ1) is 9.94. The van der Waals surface area contributed by atoms with Crippen molar-refractivity contribution in [1.82, 2.24) is 15.1 Å². The van der Waals surface area contributed by atoms with Crippen molar-refractivity contribution in [2.45, 2.75) is 46.2 Å². The summed E-state index contributed by atoms with van der Waals surface area (Å²) in [6.45, 7) is 7.78. The van der Waals surface area contributed by atoms with Crippen LogP contribution in [0.2, 0.25) is 0 Å². The maximum Gasteiger partial charge on any atom is 0.152 e. The molecule has 1 aromatic heterocycles. The van der Waals surface area contributed by atoms with Crippen molar-refractivity contribution in [2.24, 2.45) is 0 Å². The summed E-state index contributed by atoms with van der Waals surface area (Å²) < 4.78 is 25.2. The fourth-order valence-corrected chi connectivity index (χ4v) is 4.53. The fraction of sp³-hybridized carbons (Fsp3) is 0.667. The smallest absolute Gasteiger partial charge is 0.152 e. The quantitative estimate of drug-likeness (QED) is 0.644. The third kappa shape index (κ3) is 3.95. The number of sulfone groups is 1. The van der Waals surface area contributed by atoms with E-state index in [1.807, 2.05) is 25.5 Å². The number of rotatable bonds is 6. The van der Waals surface area contributed by atoms with Crippen LogP contribution in [0.1, 0.15) is 42.8 Å². The van der Waals surface area contributed by atoms with Gasteiger partial charge < -0.3 is 5.32 Å². The minimum atomic E-state index is -2.88. The van der Waals surface area contributed by atoms with E-state index in [0.29, 0.717) is 6.42 Å². The minimum Gasteiger partial charge on any atom is -0.312 e. The van der Waals surface area contributed by atoms with Gasteiger partial charge in [-0.1, -0.05) is 12.2 Å². The molecule has 1 aliphatic rings. The van der Waals surface area contributed by atoms with E-state index in [9.17, 15) is 8.42 Å². The molecule has 0 aliphatic carbocycles. The Bertz CT molecular complexity index is 617. The summed E-state index contributed by atoms with van der Waals surface area (Å²) in [7, 11) is -2.88. The number of aromatic nitrogens is 2. The Kier molecular flexibility index (Phi) is 5.22. The molecule has 1 N–H and O–H groups in total. The molecule has 1 atom stereocenters. The van der Waals surface area contributed by atoms with Crippen LogP contribution >= 0.6 is 0 Å². The molecule has 2 heterocycles. The van der Waals surface area contributed by atoms with Crippen LogP contribution in [0.3, 0.4) is 0 Å². The third-order valence-electron chi connectivity index (χ3n) is 4.05. The molecule has 0 amide bonds. The molecule has 1 fully saturated rings. The van der Waals surface area contributed by atoms with Crippen molar-refractivity contribution in [1.29, 1.82) is 0 Å². The van der Waals surface area contributed by atoms with E-state index >= 15 is 0 Å². The van der Waals surface area contributed by atoms with Crippen LogP contribution in [0.4, 0.5) is 0 Å². The highest BCUT2D eigenvalue weighted by Gasteiger charge is 2.31. The third-order valence-corrected chi connectivity index (χ3v) is 5.80. The van der Waals surface area contributed by atoms with E-state index in [1.165, 1.54) is 5.56 Å². The van der Waals surface area contributed by atoms with E-state index in [2.05, 4.69) is 22.6 Å². The predicted octanol–water partition coefficient (Wildman–Crippen LogP) is 1.92. The maximum atomic E-state index is 11.6. The van der Waals surface area contributed by atoms with Crippen LogP contribution in [0.25, 0.3) is 0 Å². The highest BCUT2D eigenvalue weighted by molar-refractivity contribution is 7.91. The lowest BCUT2D eigenvalue weighted by atomic mass is 10.2. The van der Waals surface area contributed by atoms with E-state index in [-0.39, 0.29) is 17.5 Å². The van der Waals surface area contributed by atoms with Crippen LogP contribution in [-0.4, -0.2) is 36.2 Å². The largest absolute Gasteiger partial charge is 0.312 e. The Morgan fingerprint density at radius 3 is 2.81 bits per heavy atom. The first-order valence-electron chi connectivity index (χ1n) is 7.51. The Hall–Kier alpha value is -1.14. The second-order valence-electron chi connectivity index (χ2n) is 5.69. The molecule has 0 bridgehead atoms. The number of hydrogen-bond acceptors (Lipinski definition) is 4. The summed E-state index contributed by atoms with van der Waals surface area (Å²) in [5.74, 6) is 0.510. The zero-order valence-corrected chi connectivity index (χ0v) is 13.9. The monoisotopic (exact) mass is 311 g/mol. The molecule has 1 aromatic rings. The average Bonchev–Trinajstić information content (AvgIpc) is 2.91. The normalized spacial score (nSPS) is 21.4. The van der Waals surface area contributed by atoms with Gasteiger partial charge in [0.1, 0.15) is 0 Å². The summed E-state index contributed by atoms with van der Waals surface area (Å²) in [4.78, 5) is 0. The Balaban J connectivity index is 2.04. The molecule has 0 radical (unpaired) electrons. The van der Waals surface area contributed by atoms with Gasteiger partial charge >= 0.3 is 0 Å². The number of allylic oxidation sites excluding steroid dienone is 1. The first kappa shape index (κ1) is 16.2. The van der Waals surface area contributed by atoms with Gasteiger partial charge in [-0.3, -0.25) is 4.68 Å². The number of aryl methyl sites for hydroxylation is 1. The van der Waals surface area contributed by atoms with Gasteiger partial charge in [-0.25, -0.2) is 8.42 Å². The average molecular weight is 311 g/mol. The predicted molar refractivity (Wildman–Crippen MR) is 85.1 cm³/mol. The summed E-state index contributed by atoms with van der Waals surface area (Å²) >= 11 is 0. The summed E-state index contributed by atoms with van der Waals surface area (Å²) in [5.41, 5.74) is 3.28. The van der Waals surface area contributed by atoms with Gasteiger partial charge in [0, 0.05) is 17.8 Å². The molecular formula is C15H25N3O2S. The summed E-state index contributed by atoms with van der Waals surface area (Å²) in [5, 5.41) is 7.99. The number of nitrogens with zero attached hydrogens (tertiary/aromatic N) is 2. The molecule has 0 spiro atoms. The van der Waals surface area contributed by atoms with Gasteiger partial charge in [-0.05, 0) is 40.2 Å². The van der Waals surface area contributed by atoms with Crippen LogP contribution in [-0.2, 0) is 16.4 Å². The van der Waals surface area contributed by atoms with E-state index < -0.39 is 9.84 Å². The molecular weight excluding hydrogens is 286 g/mol. The van der Waals surface area contributed by atoms with Crippen molar-refractivity contribution in [3.05, 3.63) is 29.1 Å². The zero-order valence-electron chi connectivity index (χ0n) is 13.1. The second-order valence-corrected chi connectivity index (χ2v) is 7.91. The molecule has 118 valence electrons. The maximum absolute atomic E-state index is 11.6. The molecule has 1 unspecified atom stereocenters. The Morgan fingerprint density at radius 1 is 1.43 bits per heavy atom. The Labute approximate surface area is 127 Å². The van der Waals surface area contributed by atoms with Gasteiger partial charge in [0.25, 0.3) is 0 Å². The van der Waals surface area contributed by atoms with Crippen LogP contribution in [0.15, 0.2) is 12.2 Å². The zero-order chi connectivity index (χ0) is 15.5. The van der Waals surface area contributed by atoms with Crippen LogP contribution < -0.4 is 5.32 Å². The molecule has 1 saturated heterocycles. The topological polar surface area (TPSA) is 64.0 Å². The van der Waals surface area contributed by atoms with Crippen molar-refractivity contribution < 1.29 is 8.42 Å².